The molecule has 0 radical (unpaired) electrons. The van der Waals surface area contributed by atoms with E-state index in [1.54, 1.807) is 0 Å². The molecule has 178 valence electrons. The number of rotatable bonds is 10. The van der Waals surface area contributed by atoms with Crippen molar-refractivity contribution >= 4 is 5.91 Å². The summed E-state index contributed by atoms with van der Waals surface area (Å²) in [5.41, 5.74) is 2.67. The second-order valence-electron chi connectivity index (χ2n) is 11.8. The summed E-state index contributed by atoms with van der Waals surface area (Å²) in [6.07, 6.45) is 15.1. The second-order valence-corrected chi connectivity index (χ2v) is 11.8. The van der Waals surface area contributed by atoms with Crippen LogP contribution in [0.5, 0.6) is 0 Å². The number of imidazole rings is 1. The largest absolute Gasteiger partial charge is 0.350 e. The van der Waals surface area contributed by atoms with Gasteiger partial charge < -0.3 is 15.2 Å². The number of nitrogens with one attached hydrogen (secondary N) is 2. The zero-order chi connectivity index (χ0) is 22.6. The zero-order valence-electron chi connectivity index (χ0n) is 20.1. The van der Waals surface area contributed by atoms with Crippen LogP contribution >= 0.6 is 0 Å². The van der Waals surface area contributed by atoms with Crippen molar-refractivity contribution in [3.8, 4) is 0 Å². The molecule has 2 heterocycles. The summed E-state index contributed by atoms with van der Waals surface area (Å²) in [7, 11) is 0. The lowest BCUT2D eigenvalue weighted by Gasteiger charge is -2.49. The molecule has 0 aliphatic heterocycles. The first-order chi connectivity index (χ1) is 16.0. The van der Waals surface area contributed by atoms with E-state index in [4.69, 9.17) is 5.10 Å². The number of carbonyl (C=O) groups is 1. The quantitative estimate of drug-likeness (QED) is 0.540. The normalized spacial score (nSPS) is 33.5. The van der Waals surface area contributed by atoms with Crippen LogP contribution < -0.4 is 10.6 Å². The minimum absolute atomic E-state index is 0.0446. The molecular formula is C26H38N6O. The second kappa shape index (κ2) is 7.97. The van der Waals surface area contributed by atoms with Gasteiger partial charge in [-0.05, 0) is 100.0 Å². The molecular weight excluding hydrogens is 412 g/mol. The Bertz CT molecular complexity index is 1010. The Morgan fingerprint density at radius 2 is 2.15 bits per heavy atom. The first-order valence-corrected chi connectivity index (χ1v) is 13.0. The summed E-state index contributed by atoms with van der Waals surface area (Å²) >= 11 is 0. The van der Waals surface area contributed by atoms with Gasteiger partial charge in [-0.15, -0.1) is 0 Å². The maximum atomic E-state index is 13.3. The van der Waals surface area contributed by atoms with Crippen molar-refractivity contribution in [2.75, 3.05) is 13.1 Å². The first-order valence-electron chi connectivity index (χ1n) is 13.0. The van der Waals surface area contributed by atoms with E-state index >= 15 is 0 Å². The molecule has 3 bridgehead atoms. The molecule has 7 heteroatoms. The van der Waals surface area contributed by atoms with E-state index in [0.717, 1.165) is 49.5 Å². The molecule has 4 aliphatic carbocycles. The average molecular weight is 451 g/mol. The van der Waals surface area contributed by atoms with Crippen LogP contribution in [-0.2, 0) is 13.1 Å². The van der Waals surface area contributed by atoms with E-state index in [2.05, 4.69) is 34.0 Å². The maximum absolute atomic E-state index is 13.3. The topological polar surface area (TPSA) is 76.8 Å². The van der Waals surface area contributed by atoms with Crippen LogP contribution in [0.1, 0.15) is 81.0 Å². The number of aromatic nitrogens is 4. The van der Waals surface area contributed by atoms with Crippen molar-refractivity contribution in [1.29, 1.82) is 0 Å². The van der Waals surface area contributed by atoms with Crippen molar-refractivity contribution < 1.29 is 4.79 Å². The van der Waals surface area contributed by atoms with Crippen molar-refractivity contribution in [2.45, 2.75) is 77.9 Å². The minimum Gasteiger partial charge on any atom is -0.350 e. The molecule has 0 aromatic carbocycles. The molecule has 5 unspecified atom stereocenters. The van der Waals surface area contributed by atoms with Gasteiger partial charge in [0.2, 0.25) is 0 Å². The van der Waals surface area contributed by atoms with Crippen molar-refractivity contribution in [3.05, 3.63) is 36.2 Å². The van der Waals surface area contributed by atoms with Gasteiger partial charge in [-0.25, -0.2) is 4.98 Å². The summed E-state index contributed by atoms with van der Waals surface area (Å²) in [5, 5.41) is 11.6. The third-order valence-electron chi connectivity index (χ3n) is 9.35. The number of hydrogen-bond donors (Lipinski definition) is 2. The molecule has 0 saturated heterocycles. The van der Waals surface area contributed by atoms with Gasteiger partial charge in [0, 0.05) is 38.1 Å². The molecule has 5 atom stereocenters. The monoisotopic (exact) mass is 450 g/mol. The van der Waals surface area contributed by atoms with Crippen LogP contribution in [0.4, 0.5) is 0 Å². The van der Waals surface area contributed by atoms with Crippen molar-refractivity contribution in [3.63, 3.8) is 0 Å². The van der Waals surface area contributed by atoms with E-state index in [0.29, 0.717) is 23.1 Å². The van der Waals surface area contributed by atoms with Gasteiger partial charge in [0.1, 0.15) is 5.69 Å². The van der Waals surface area contributed by atoms with Gasteiger partial charge in [0.05, 0.1) is 12.0 Å². The predicted octanol–water partition coefficient (Wildman–Crippen LogP) is 3.79. The van der Waals surface area contributed by atoms with Gasteiger partial charge in [-0.1, -0.05) is 0 Å². The fourth-order valence-corrected chi connectivity index (χ4v) is 8.22. The lowest BCUT2D eigenvalue weighted by atomic mass is 9.55. The van der Waals surface area contributed by atoms with Crippen molar-refractivity contribution in [2.24, 2.45) is 28.6 Å². The SMILES string of the molecule is CC(C)n1nc(CNCCCn2ccnc2)cc1C(=O)NCC12CC3CC4CC(C1)C4(C3)C2. The van der Waals surface area contributed by atoms with Crippen LogP contribution in [0.3, 0.4) is 0 Å². The minimum atomic E-state index is 0.0446. The Morgan fingerprint density at radius 3 is 2.97 bits per heavy atom. The van der Waals surface area contributed by atoms with E-state index in [-0.39, 0.29) is 11.9 Å². The van der Waals surface area contributed by atoms with Crippen LogP contribution in [0.2, 0.25) is 0 Å². The molecule has 2 aromatic rings. The maximum Gasteiger partial charge on any atom is 0.269 e. The van der Waals surface area contributed by atoms with Gasteiger partial charge in [0.15, 0.2) is 0 Å². The Hall–Kier alpha value is -2.15. The number of amides is 1. The summed E-state index contributed by atoms with van der Waals surface area (Å²) in [5.74, 6) is 2.91. The predicted molar refractivity (Wildman–Crippen MR) is 127 cm³/mol. The fourth-order valence-electron chi connectivity index (χ4n) is 8.22. The highest BCUT2D eigenvalue weighted by molar-refractivity contribution is 5.92. The number of carbonyl (C=O) groups excluding carboxylic acids is 1. The van der Waals surface area contributed by atoms with Crippen LogP contribution in [0, 0.1) is 28.6 Å². The third-order valence-corrected chi connectivity index (χ3v) is 9.35. The molecule has 7 nitrogen and oxygen atoms in total. The fraction of sp³-hybridized carbons (Fsp3) is 0.731. The van der Waals surface area contributed by atoms with Crippen molar-refractivity contribution in [1.82, 2.24) is 30.0 Å². The Labute approximate surface area is 196 Å². The van der Waals surface area contributed by atoms with Crippen LogP contribution in [0.15, 0.2) is 24.8 Å². The summed E-state index contributed by atoms with van der Waals surface area (Å²) in [6.45, 7) is 7.57. The van der Waals surface area contributed by atoms with E-state index in [9.17, 15) is 4.79 Å². The average Bonchev–Trinajstić information content (AvgIpc) is 3.52. The lowest BCUT2D eigenvalue weighted by molar-refractivity contribution is -0.00254. The Morgan fingerprint density at radius 1 is 1.24 bits per heavy atom. The highest BCUT2D eigenvalue weighted by atomic mass is 16.2. The third kappa shape index (κ3) is 3.63. The smallest absolute Gasteiger partial charge is 0.269 e. The number of aryl methyl sites for hydroxylation is 1. The number of nitrogens with zero attached hydrogens (tertiary/aromatic N) is 4. The van der Waals surface area contributed by atoms with Gasteiger partial charge >= 0.3 is 0 Å². The molecule has 1 spiro atoms. The van der Waals surface area contributed by atoms with E-state index < -0.39 is 0 Å². The van der Waals surface area contributed by atoms with E-state index in [1.165, 1.54) is 38.5 Å². The highest BCUT2D eigenvalue weighted by Crippen LogP contribution is 2.78. The van der Waals surface area contributed by atoms with Gasteiger partial charge in [-0.2, -0.15) is 5.10 Å². The molecule has 4 saturated carbocycles. The van der Waals surface area contributed by atoms with Crippen LogP contribution in [0.25, 0.3) is 0 Å². The molecule has 4 aliphatic rings. The molecule has 33 heavy (non-hydrogen) atoms. The summed E-state index contributed by atoms with van der Waals surface area (Å²) in [4.78, 5) is 17.4. The van der Waals surface area contributed by atoms with Gasteiger partial charge in [-0.3, -0.25) is 9.48 Å². The molecule has 2 aromatic heterocycles. The zero-order valence-corrected chi connectivity index (χ0v) is 20.1. The standard InChI is InChI=1S/C26H38N6O/c1-18(2)32-23(10-22(30-32)14-27-4-3-6-31-7-5-28-17-31)24(33)29-16-25-11-19-8-20-9-21(13-25)26(20,12-19)15-25/h5,7,10,17-21,27H,3-4,6,8-9,11-16H2,1-2H3,(H,29,33). The molecule has 2 N–H and O–H groups in total. The Kier molecular flexibility index (Phi) is 5.16. The number of fused-ring (bicyclic) bond motifs is 2. The van der Waals surface area contributed by atoms with Gasteiger partial charge in [0.25, 0.3) is 5.91 Å². The molecule has 4 fully saturated rings. The highest BCUT2D eigenvalue weighted by Gasteiger charge is 2.70. The molecule has 6 rings (SSSR count). The van der Waals surface area contributed by atoms with E-state index in [1.807, 2.05) is 29.5 Å². The molecule has 1 amide bonds. The first kappa shape index (κ1) is 21.4. The summed E-state index contributed by atoms with van der Waals surface area (Å²) < 4.78 is 3.98. The lowest BCUT2D eigenvalue weighted by Crippen LogP contribution is -2.43. The summed E-state index contributed by atoms with van der Waals surface area (Å²) in [6, 6.07) is 2.14. The van der Waals surface area contributed by atoms with Crippen LogP contribution in [-0.4, -0.2) is 38.3 Å². The number of hydrogen-bond acceptors (Lipinski definition) is 4. The Balaban J connectivity index is 1.05.